The van der Waals surface area contributed by atoms with Crippen molar-refractivity contribution < 1.29 is 0 Å². The predicted octanol–water partition coefficient (Wildman–Crippen LogP) is 3.30. The Morgan fingerprint density at radius 3 is 2.17 bits per heavy atom. The summed E-state index contributed by atoms with van der Waals surface area (Å²) in [5.74, 6) is 0.927. The first-order valence-corrected chi connectivity index (χ1v) is 9.35. The Labute approximate surface area is 148 Å². The lowest BCUT2D eigenvalue weighted by Gasteiger charge is -2.12. The van der Waals surface area contributed by atoms with E-state index in [-0.39, 0.29) is 0 Å². The van der Waals surface area contributed by atoms with Crippen molar-refractivity contribution in [1.29, 1.82) is 0 Å². The Kier molecular flexibility index (Phi) is 11.8. The maximum absolute atomic E-state index is 4.29. The van der Waals surface area contributed by atoms with Crippen LogP contribution in [0.25, 0.3) is 0 Å². The van der Waals surface area contributed by atoms with Crippen molar-refractivity contribution >= 4 is 5.96 Å². The summed E-state index contributed by atoms with van der Waals surface area (Å²) in [5, 5.41) is 6.80. The van der Waals surface area contributed by atoms with E-state index in [0.29, 0.717) is 0 Å². The molecule has 0 fully saturated rings. The number of guanidine groups is 1. The molecule has 0 aliphatic heterocycles. The van der Waals surface area contributed by atoms with Crippen LogP contribution >= 0.6 is 0 Å². The van der Waals surface area contributed by atoms with Crippen molar-refractivity contribution in [2.24, 2.45) is 4.99 Å². The molecule has 0 aromatic heterocycles. The highest BCUT2D eigenvalue weighted by atomic mass is 15.2. The van der Waals surface area contributed by atoms with Gasteiger partial charge in [-0.3, -0.25) is 4.99 Å². The fourth-order valence-corrected chi connectivity index (χ4v) is 2.65. The van der Waals surface area contributed by atoms with Crippen LogP contribution in [0.1, 0.15) is 44.1 Å². The molecule has 0 aliphatic carbocycles. The standard InChI is InChI=1S/C20H36N4/c1-21-20(22-16-10-5-4-6-11-18-24(2)3)23-17-12-15-19-13-8-7-9-14-19/h7-9,13-14H,4-6,10-12,15-18H2,1-3H3,(H2,21,22,23). The molecule has 0 atom stereocenters. The molecule has 0 saturated carbocycles. The van der Waals surface area contributed by atoms with Crippen LogP contribution in [-0.2, 0) is 6.42 Å². The number of benzene rings is 1. The molecule has 24 heavy (non-hydrogen) atoms. The lowest BCUT2D eigenvalue weighted by Crippen LogP contribution is -2.38. The molecule has 1 aromatic rings. The Morgan fingerprint density at radius 1 is 0.875 bits per heavy atom. The molecule has 0 spiro atoms. The van der Waals surface area contributed by atoms with Gasteiger partial charge in [0.2, 0.25) is 0 Å². The van der Waals surface area contributed by atoms with Crippen LogP contribution in [0.15, 0.2) is 35.3 Å². The molecule has 2 N–H and O–H groups in total. The second-order valence-electron chi connectivity index (χ2n) is 6.59. The number of nitrogens with one attached hydrogen (secondary N) is 2. The molecule has 0 aliphatic rings. The number of unbranched alkanes of at least 4 members (excludes halogenated alkanes) is 4. The third kappa shape index (κ3) is 11.1. The van der Waals surface area contributed by atoms with E-state index < -0.39 is 0 Å². The van der Waals surface area contributed by atoms with Gasteiger partial charge in [-0.1, -0.05) is 49.6 Å². The smallest absolute Gasteiger partial charge is 0.190 e. The average Bonchev–Trinajstić information content (AvgIpc) is 2.59. The van der Waals surface area contributed by atoms with Crippen LogP contribution in [0, 0.1) is 0 Å². The van der Waals surface area contributed by atoms with Crippen molar-refractivity contribution in [3.63, 3.8) is 0 Å². The fraction of sp³-hybridized carbons (Fsp3) is 0.650. The van der Waals surface area contributed by atoms with Gasteiger partial charge in [-0.2, -0.15) is 0 Å². The summed E-state index contributed by atoms with van der Waals surface area (Å²) < 4.78 is 0. The van der Waals surface area contributed by atoms with E-state index in [4.69, 9.17) is 0 Å². The third-order valence-electron chi connectivity index (χ3n) is 4.08. The lowest BCUT2D eigenvalue weighted by molar-refractivity contribution is 0.389. The Hall–Kier alpha value is -1.55. The van der Waals surface area contributed by atoms with Crippen molar-refractivity contribution in [3.05, 3.63) is 35.9 Å². The van der Waals surface area contributed by atoms with Gasteiger partial charge in [-0.15, -0.1) is 0 Å². The van der Waals surface area contributed by atoms with Crippen LogP contribution in [0.2, 0.25) is 0 Å². The van der Waals surface area contributed by atoms with Gasteiger partial charge in [0, 0.05) is 20.1 Å². The minimum Gasteiger partial charge on any atom is -0.356 e. The van der Waals surface area contributed by atoms with E-state index in [0.717, 1.165) is 31.9 Å². The fourth-order valence-electron chi connectivity index (χ4n) is 2.65. The summed E-state index contributed by atoms with van der Waals surface area (Å²) in [6.07, 6.45) is 8.72. The molecule has 0 amide bonds. The van der Waals surface area contributed by atoms with Crippen LogP contribution < -0.4 is 10.6 Å². The Morgan fingerprint density at radius 2 is 1.50 bits per heavy atom. The maximum Gasteiger partial charge on any atom is 0.190 e. The van der Waals surface area contributed by atoms with E-state index in [1.165, 1.54) is 44.2 Å². The second-order valence-corrected chi connectivity index (χ2v) is 6.59. The second kappa shape index (κ2) is 13.8. The number of nitrogens with zero attached hydrogens (tertiary/aromatic N) is 2. The number of hydrogen-bond donors (Lipinski definition) is 2. The predicted molar refractivity (Wildman–Crippen MR) is 106 cm³/mol. The average molecular weight is 333 g/mol. The van der Waals surface area contributed by atoms with Gasteiger partial charge in [0.25, 0.3) is 0 Å². The highest BCUT2D eigenvalue weighted by molar-refractivity contribution is 5.79. The number of hydrogen-bond acceptors (Lipinski definition) is 2. The summed E-state index contributed by atoms with van der Waals surface area (Å²) in [6.45, 7) is 3.17. The van der Waals surface area contributed by atoms with Gasteiger partial charge in [0.1, 0.15) is 0 Å². The molecule has 0 radical (unpaired) electrons. The van der Waals surface area contributed by atoms with Gasteiger partial charge in [-0.05, 0) is 51.9 Å². The normalized spacial score (nSPS) is 11.8. The molecule has 4 heteroatoms. The number of rotatable bonds is 12. The van der Waals surface area contributed by atoms with E-state index in [1.54, 1.807) is 0 Å². The van der Waals surface area contributed by atoms with Gasteiger partial charge < -0.3 is 15.5 Å². The summed E-state index contributed by atoms with van der Waals surface area (Å²) in [6, 6.07) is 10.6. The first kappa shape index (κ1) is 20.5. The van der Waals surface area contributed by atoms with Gasteiger partial charge in [0.15, 0.2) is 5.96 Å². The highest BCUT2D eigenvalue weighted by Gasteiger charge is 1.98. The molecule has 136 valence electrons. The minimum atomic E-state index is 0.927. The van der Waals surface area contributed by atoms with Crippen molar-refractivity contribution in [2.45, 2.75) is 44.9 Å². The van der Waals surface area contributed by atoms with Gasteiger partial charge in [0.05, 0.1) is 0 Å². The van der Waals surface area contributed by atoms with Gasteiger partial charge in [-0.25, -0.2) is 0 Å². The number of aryl methyl sites for hydroxylation is 1. The highest BCUT2D eigenvalue weighted by Crippen LogP contribution is 2.03. The molecule has 1 rings (SSSR count). The van der Waals surface area contributed by atoms with Crippen LogP contribution in [0.3, 0.4) is 0 Å². The summed E-state index contributed by atoms with van der Waals surface area (Å²) in [4.78, 5) is 6.55. The van der Waals surface area contributed by atoms with E-state index >= 15 is 0 Å². The van der Waals surface area contributed by atoms with E-state index in [1.807, 2.05) is 7.05 Å². The van der Waals surface area contributed by atoms with E-state index in [9.17, 15) is 0 Å². The molecule has 0 bridgehead atoms. The molecule has 0 heterocycles. The SMILES string of the molecule is CN=C(NCCCCCCCN(C)C)NCCCc1ccccc1. The van der Waals surface area contributed by atoms with E-state index in [2.05, 4.69) is 65.0 Å². The first-order valence-electron chi connectivity index (χ1n) is 9.35. The molecule has 1 aromatic carbocycles. The summed E-state index contributed by atoms with van der Waals surface area (Å²) in [7, 11) is 6.12. The lowest BCUT2D eigenvalue weighted by atomic mass is 10.1. The topological polar surface area (TPSA) is 39.7 Å². The third-order valence-corrected chi connectivity index (χ3v) is 4.08. The molecule has 0 unspecified atom stereocenters. The largest absolute Gasteiger partial charge is 0.356 e. The number of aliphatic imine (C=N–C) groups is 1. The maximum atomic E-state index is 4.29. The van der Waals surface area contributed by atoms with Crippen molar-refractivity contribution in [1.82, 2.24) is 15.5 Å². The molecular formula is C20H36N4. The Bertz CT molecular complexity index is 429. The van der Waals surface area contributed by atoms with Crippen LogP contribution in [0.5, 0.6) is 0 Å². The van der Waals surface area contributed by atoms with Crippen LogP contribution in [0.4, 0.5) is 0 Å². The zero-order valence-electron chi connectivity index (χ0n) is 15.9. The molecule has 0 saturated heterocycles. The van der Waals surface area contributed by atoms with Gasteiger partial charge >= 0.3 is 0 Å². The molecule has 4 nitrogen and oxygen atoms in total. The zero-order valence-corrected chi connectivity index (χ0v) is 15.9. The summed E-state index contributed by atoms with van der Waals surface area (Å²) >= 11 is 0. The zero-order chi connectivity index (χ0) is 17.5. The minimum absolute atomic E-state index is 0.927. The molecular weight excluding hydrogens is 296 g/mol. The summed E-state index contributed by atoms with van der Waals surface area (Å²) in [5.41, 5.74) is 1.40. The van der Waals surface area contributed by atoms with Crippen molar-refractivity contribution in [3.8, 4) is 0 Å². The quantitative estimate of drug-likeness (QED) is 0.350. The first-order chi connectivity index (χ1) is 11.7. The van der Waals surface area contributed by atoms with Crippen molar-refractivity contribution in [2.75, 3.05) is 40.8 Å². The van der Waals surface area contributed by atoms with Crippen LogP contribution in [-0.4, -0.2) is 51.6 Å². The Balaban J connectivity index is 1.97. The monoisotopic (exact) mass is 332 g/mol.